The van der Waals surface area contributed by atoms with Crippen LogP contribution in [0.5, 0.6) is 5.75 Å². The second kappa shape index (κ2) is 6.11. The lowest BCUT2D eigenvalue weighted by Crippen LogP contribution is -2.36. The van der Waals surface area contributed by atoms with Crippen LogP contribution < -0.4 is 15.8 Å². The van der Waals surface area contributed by atoms with Crippen molar-refractivity contribution in [1.82, 2.24) is 5.32 Å². The van der Waals surface area contributed by atoms with E-state index in [1.807, 2.05) is 23.9 Å². The summed E-state index contributed by atoms with van der Waals surface area (Å²) in [4.78, 5) is 11.0. The summed E-state index contributed by atoms with van der Waals surface area (Å²) >= 11 is 1.86. The lowest BCUT2D eigenvalue weighted by molar-refractivity contribution is -0.119. The number of nitrogens with one attached hydrogen (secondary N) is 1. The molecule has 0 spiro atoms. The Morgan fingerprint density at radius 1 is 1.50 bits per heavy atom. The van der Waals surface area contributed by atoms with Gasteiger partial charge in [0.05, 0.1) is 13.2 Å². The van der Waals surface area contributed by atoms with Crippen LogP contribution in [0.2, 0.25) is 0 Å². The standard InChI is InChI=1S/C13H18N2O2S/c1-17-10-4-2-9(3-5-10)8-18-11-6-12(13(14)16)15-7-11/h2-5,11-12,15H,6-8H2,1H3,(H2,14,16)/t11-,12-/m0/s1. The Labute approximate surface area is 111 Å². The molecule has 1 aliphatic rings. The number of carbonyl (C=O) groups excluding carboxylic acids is 1. The third-order valence-corrected chi connectivity index (χ3v) is 4.41. The van der Waals surface area contributed by atoms with Gasteiger partial charge in [-0.05, 0) is 24.1 Å². The van der Waals surface area contributed by atoms with Crippen molar-refractivity contribution in [3.05, 3.63) is 29.8 Å². The van der Waals surface area contributed by atoms with Crippen molar-refractivity contribution in [2.75, 3.05) is 13.7 Å². The van der Waals surface area contributed by atoms with Gasteiger partial charge in [0.25, 0.3) is 0 Å². The van der Waals surface area contributed by atoms with Crippen LogP contribution in [0.4, 0.5) is 0 Å². The number of ether oxygens (including phenoxy) is 1. The first-order valence-electron chi connectivity index (χ1n) is 5.96. The number of benzene rings is 1. The highest BCUT2D eigenvalue weighted by molar-refractivity contribution is 7.99. The maximum Gasteiger partial charge on any atom is 0.234 e. The minimum Gasteiger partial charge on any atom is -0.497 e. The van der Waals surface area contributed by atoms with Crippen molar-refractivity contribution in [2.45, 2.75) is 23.5 Å². The van der Waals surface area contributed by atoms with Gasteiger partial charge in [-0.15, -0.1) is 0 Å². The van der Waals surface area contributed by atoms with E-state index in [9.17, 15) is 4.79 Å². The molecule has 1 saturated heterocycles. The van der Waals surface area contributed by atoms with E-state index in [4.69, 9.17) is 10.5 Å². The van der Waals surface area contributed by atoms with Crippen LogP contribution in [-0.2, 0) is 10.5 Å². The van der Waals surface area contributed by atoms with Crippen LogP contribution in [-0.4, -0.2) is 30.9 Å². The molecule has 0 aromatic heterocycles. The lowest BCUT2D eigenvalue weighted by Gasteiger charge is -2.08. The zero-order valence-electron chi connectivity index (χ0n) is 10.4. The minimum atomic E-state index is -0.248. The van der Waals surface area contributed by atoms with E-state index in [0.29, 0.717) is 5.25 Å². The molecule has 1 fully saturated rings. The maximum absolute atomic E-state index is 11.0. The lowest BCUT2D eigenvalue weighted by atomic mass is 10.2. The van der Waals surface area contributed by atoms with Crippen molar-refractivity contribution >= 4 is 17.7 Å². The number of carbonyl (C=O) groups is 1. The number of thioether (sulfide) groups is 1. The summed E-state index contributed by atoms with van der Waals surface area (Å²) in [5.41, 5.74) is 6.54. The molecule has 1 aromatic carbocycles. The predicted octanol–water partition coefficient (Wildman–Crippen LogP) is 1.14. The smallest absolute Gasteiger partial charge is 0.234 e. The molecule has 1 amide bonds. The van der Waals surface area contributed by atoms with Gasteiger partial charge in [-0.1, -0.05) is 12.1 Å². The van der Waals surface area contributed by atoms with Crippen LogP contribution in [0.15, 0.2) is 24.3 Å². The molecule has 4 nitrogen and oxygen atoms in total. The number of primary amides is 1. The van der Waals surface area contributed by atoms with E-state index in [2.05, 4.69) is 17.4 Å². The Balaban J connectivity index is 1.79. The summed E-state index contributed by atoms with van der Waals surface area (Å²) in [6, 6.07) is 7.92. The van der Waals surface area contributed by atoms with Gasteiger partial charge in [0, 0.05) is 17.5 Å². The van der Waals surface area contributed by atoms with Crippen molar-refractivity contribution in [1.29, 1.82) is 0 Å². The predicted molar refractivity (Wildman–Crippen MR) is 73.7 cm³/mol. The molecule has 1 heterocycles. The minimum absolute atomic E-state index is 0.154. The molecule has 5 heteroatoms. The summed E-state index contributed by atoms with van der Waals surface area (Å²) < 4.78 is 5.12. The molecule has 98 valence electrons. The highest BCUT2D eigenvalue weighted by Gasteiger charge is 2.27. The molecule has 0 saturated carbocycles. The molecule has 1 aliphatic heterocycles. The highest BCUT2D eigenvalue weighted by Crippen LogP contribution is 2.25. The average Bonchev–Trinajstić information content (AvgIpc) is 2.86. The van der Waals surface area contributed by atoms with Gasteiger partial charge in [-0.2, -0.15) is 11.8 Å². The SMILES string of the molecule is COc1ccc(CS[C@@H]2CN[C@H](C(N)=O)C2)cc1. The zero-order valence-corrected chi connectivity index (χ0v) is 11.2. The number of hydrogen-bond acceptors (Lipinski definition) is 4. The Morgan fingerprint density at radius 3 is 2.78 bits per heavy atom. The zero-order chi connectivity index (χ0) is 13.0. The van der Waals surface area contributed by atoms with E-state index < -0.39 is 0 Å². The van der Waals surface area contributed by atoms with Gasteiger partial charge in [0.2, 0.25) is 5.91 Å². The van der Waals surface area contributed by atoms with Crippen molar-refractivity contribution < 1.29 is 9.53 Å². The Morgan fingerprint density at radius 2 is 2.22 bits per heavy atom. The summed E-state index contributed by atoms with van der Waals surface area (Å²) in [5, 5.41) is 3.61. The van der Waals surface area contributed by atoms with E-state index in [0.717, 1.165) is 24.5 Å². The molecule has 2 rings (SSSR count). The van der Waals surface area contributed by atoms with E-state index in [1.165, 1.54) is 5.56 Å². The van der Waals surface area contributed by atoms with Crippen LogP contribution in [0.1, 0.15) is 12.0 Å². The highest BCUT2D eigenvalue weighted by atomic mass is 32.2. The number of rotatable bonds is 5. The number of nitrogens with two attached hydrogens (primary N) is 1. The quantitative estimate of drug-likeness (QED) is 0.839. The normalized spacial score (nSPS) is 22.9. The Kier molecular flexibility index (Phi) is 4.49. The molecule has 0 bridgehead atoms. The van der Waals surface area contributed by atoms with Gasteiger partial charge < -0.3 is 15.8 Å². The fourth-order valence-corrected chi connectivity index (χ4v) is 3.15. The molecule has 0 radical (unpaired) electrons. The molecule has 2 atom stereocenters. The van der Waals surface area contributed by atoms with Crippen molar-refractivity contribution in [2.24, 2.45) is 5.73 Å². The molecule has 0 unspecified atom stereocenters. The molecular weight excluding hydrogens is 248 g/mol. The molecule has 1 aromatic rings. The van der Waals surface area contributed by atoms with Gasteiger partial charge >= 0.3 is 0 Å². The van der Waals surface area contributed by atoms with E-state index in [-0.39, 0.29) is 11.9 Å². The average molecular weight is 266 g/mol. The Hall–Kier alpha value is -1.20. The number of amides is 1. The topological polar surface area (TPSA) is 64.3 Å². The van der Waals surface area contributed by atoms with Crippen LogP contribution in [0.25, 0.3) is 0 Å². The van der Waals surface area contributed by atoms with Crippen LogP contribution in [0, 0.1) is 0 Å². The van der Waals surface area contributed by atoms with Crippen LogP contribution in [0.3, 0.4) is 0 Å². The fourth-order valence-electron chi connectivity index (χ4n) is 1.98. The first-order chi connectivity index (χ1) is 8.69. The molecule has 18 heavy (non-hydrogen) atoms. The van der Waals surface area contributed by atoms with Gasteiger partial charge in [0.1, 0.15) is 5.75 Å². The number of methoxy groups -OCH3 is 1. The first kappa shape index (κ1) is 13.2. The summed E-state index contributed by atoms with van der Waals surface area (Å²) in [6.45, 7) is 0.856. The molecule has 0 aliphatic carbocycles. The number of hydrogen-bond donors (Lipinski definition) is 2. The maximum atomic E-state index is 11.0. The first-order valence-corrected chi connectivity index (χ1v) is 7.01. The summed E-state index contributed by atoms with van der Waals surface area (Å²) in [5.74, 6) is 1.57. The van der Waals surface area contributed by atoms with Crippen LogP contribution >= 0.6 is 11.8 Å². The van der Waals surface area contributed by atoms with E-state index in [1.54, 1.807) is 7.11 Å². The second-order valence-electron chi connectivity index (χ2n) is 4.38. The monoisotopic (exact) mass is 266 g/mol. The third kappa shape index (κ3) is 3.40. The fraction of sp³-hybridized carbons (Fsp3) is 0.462. The molecular formula is C13H18N2O2S. The Bertz CT molecular complexity index is 408. The van der Waals surface area contributed by atoms with Crippen molar-refractivity contribution in [3.63, 3.8) is 0 Å². The largest absolute Gasteiger partial charge is 0.497 e. The van der Waals surface area contributed by atoms with E-state index >= 15 is 0 Å². The summed E-state index contributed by atoms with van der Waals surface area (Å²) in [6.07, 6.45) is 0.830. The van der Waals surface area contributed by atoms with Gasteiger partial charge in [-0.25, -0.2) is 0 Å². The van der Waals surface area contributed by atoms with Gasteiger partial charge in [-0.3, -0.25) is 4.79 Å². The molecule has 3 N–H and O–H groups in total. The third-order valence-electron chi connectivity index (χ3n) is 3.08. The van der Waals surface area contributed by atoms with Gasteiger partial charge in [0.15, 0.2) is 0 Å². The second-order valence-corrected chi connectivity index (χ2v) is 5.67. The van der Waals surface area contributed by atoms with Crippen molar-refractivity contribution in [3.8, 4) is 5.75 Å². The summed E-state index contributed by atoms with van der Waals surface area (Å²) in [7, 11) is 1.66.